The van der Waals surface area contributed by atoms with Crippen molar-refractivity contribution in [3.63, 3.8) is 0 Å². The number of benzene rings is 1. The van der Waals surface area contributed by atoms with E-state index in [0.29, 0.717) is 0 Å². The van der Waals surface area contributed by atoms with Gasteiger partial charge in [-0.15, -0.1) is 0 Å². The van der Waals surface area contributed by atoms with Crippen molar-refractivity contribution in [2.75, 3.05) is 12.4 Å². The molecule has 0 bridgehead atoms. The van der Waals surface area contributed by atoms with Crippen LogP contribution >= 0.6 is 11.6 Å². The van der Waals surface area contributed by atoms with E-state index in [2.05, 4.69) is 20.4 Å². The van der Waals surface area contributed by atoms with Crippen molar-refractivity contribution in [3.8, 4) is 0 Å². The predicted molar refractivity (Wildman–Crippen MR) is 95.5 cm³/mol. The van der Waals surface area contributed by atoms with Crippen LogP contribution in [0.3, 0.4) is 0 Å². The molecule has 2 aromatic rings. The highest BCUT2D eigenvalue weighted by Crippen LogP contribution is 2.24. The summed E-state index contributed by atoms with van der Waals surface area (Å²) in [6, 6.07) is 7.50. The Morgan fingerprint density at radius 1 is 1.12 bits per heavy atom. The number of hydrogen-bond donors (Lipinski definition) is 2. The molecule has 2 amide bonds. The summed E-state index contributed by atoms with van der Waals surface area (Å²) in [5.41, 5.74) is 0.936. The van der Waals surface area contributed by atoms with E-state index in [4.69, 9.17) is 11.6 Å². The Labute approximate surface area is 154 Å². The van der Waals surface area contributed by atoms with E-state index in [9.17, 15) is 14.4 Å². The fourth-order valence-corrected chi connectivity index (χ4v) is 2.41. The van der Waals surface area contributed by atoms with Gasteiger partial charge in [0.05, 0.1) is 23.4 Å². The second-order valence-corrected chi connectivity index (χ2v) is 6.23. The quantitative estimate of drug-likeness (QED) is 0.785. The molecule has 1 aromatic heterocycles. The summed E-state index contributed by atoms with van der Waals surface area (Å²) in [6.07, 6.45) is 3.31. The SMILES string of the molecule is COC(=O)c1ccc(Cl)c(NC(=O)c2ccnc(C(=O)NC3CC3)c2)c1. The molecule has 7 nitrogen and oxygen atoms in total. The molecule has 1 fully saturated rings. The first-order chi connectivity index (χ1) is 12.5. The molecule has 0 unspecified atom stereocenters. The van der Waals surface area contributed by atoms with Crippen LogP contribution in [0.15, 0.2) is 36.5 Å². The van der Waals surface area contributed by atoms with E-state index < -0.39 is 11.9 Å². The highest BCUT2D eigenvalue weighted by molar-refractivity contribution is 6.34. The highest BCUT2D eigenvalue weighted by atomic mass is 35.5. The monoisotopic (exact) mass is 373 g/mol. The molecule has 0 aliphatic heterocycles. The molecule has 0 atom stereocenters. The summed E-state index contributed by atoms with van der Waals surface area (Å²) in [5.74, 6) is -1.33. The lowest BCUT2D eigenvalue weighted by Gasteiger charge is -2.10. The van der Waals surface area contributed by atoms with Gasteiger partial charge < -0.3 is 15.4 Å². The van der Waals surface area contributed by atoms with E-state index in [0.717, 1.165) is 12.8 Å². The van der Waals surface area contributed by atoms with Gasteiger partial charge in [-0.2, -0.15) is 0 Å². The highest BCUT2D eigenvalue weighted by Gasteiger charge is 2.24. The smallest absolute Gasteiger partial charge is 0.337 e. The van der Waals surface area contributed by atoms with Crippen molar-refractivity contribution in [1.82, 2.24) is 10.3 Å². The average Bonchev–Trinajstić information content (AvgIpc) is 3.46. The topological polar surface area (TPSA) is 97.4 Å². The summed E-state index contributed by atoms with van der Waals surface area (Å²) < 4.78 is 4.65. The molecule has 26 heavy (non-hydrogen) atoms. The largest absolute Gasteiger partial charge is 0.465 e. The van der Waals surface area contributed by atoms with Crippen molar-refractivity contribution in [3.05, 3.63) is 58.4 Å². The van der Waals surface area contributed by atoms with Crippen LogP contribution in [0.5, 0.6) is 0 Å². The maximum atomic E-state index is 12.5. The van der Waals surface area contributed by atoms with Crippen molar-refractivity contribution in [1.29, 1.82) is 0 Å². The number of hydrogen-bond acceptors (Lipinski definition) is 5. The van der Waals surface area contributed by atoms with Crippen LogP contribution < -0.4 is 10.6 Å². The second-order valence-electron chi connectivity index (χ2n) is 5.82. The summed E-state index contributed by atoms with van der Waals surface area (Å²) >= 11 is 6.08. The molecule has 1 aromatic carbocycles. The molecule has 0 saturated heterocycles. The lowest BCUT2D eigenvalue weighted by molar-refractivity contribution is 0.0600. The Balaban J connectivity index is 1.77. The molecule has 3 rings (SSSR count). The zero-order chi connectivity index (χ0) is 18.7. The Morgan fingerprint density at radius 2 is 1.88 bits per heavy atom. The molecule has 0 spiro atoms. The number of anilines is 1. The minimum Gasteiger partial charge on any atom is -0.465 e. The maximum Gasteiger partial charge on any atom is 0.337 e. The Morgan fingerprint density at radius 3 is 2.58 bits per heavy atom. The normalized spacial score (nSPS) is 13.0. The zero-order valence-electron chi connectivity index (χ0n) is 13.9. The minimum atomic E-state index is -0.542. The van der Waals surface area contributed by atoms with Crippen LogP contribution in [0.1, 0.15) is 44.0 Å². The summed E-state index contributed by atoms with van der Waals surface area (Å²) in [7, 11) is 1.26. The summed E-state index contributed by atoms with van der Waals surface area (Å²) in [5, 5.41) is 5.71. The number of rotatable bonds is 5. The Kier molecular flexibility index (Phi) is 5.18. The molecular weight excluding hydrogens is 358 g/mol. The number of amides is 2. The first-order valence-corrected chi connectivity index (χ1v) is 8.32. The van der Waals surface area contributed by atoms with E-state index in [-0.39, 0.29) is 39.5 Å². The number of carbonyl (C=O) groups excluding carboxylic acids is 3. The lowest BCUT2D eigenvalue weighted by Crippen LogP contribution is -2.26. The summed E-state index contributed by atoms with van der Waals surface area (Å²) in [4.78, 5) is 40.1. The van der Waals surface area contributed by atoms with Gasteiger partial charge in [0.15, 0.2) is 0 Å². The zero-order valence-corrected chi connectivity index (χ0v) is 14.7. The second kappa shape index (κ2) is 7.53. The standard InChI is InChI=1S/C18H16ClN3O4/c1-26-18(25)11-2-5-13(19)14(9-11)22-16(23)10-6-7-20-15(8-10)17(24)21-12-3-4-12/h2,5-9,12H,3-4H2,1H3,(H,21,24)(H,22,23). The van der Waals surface area contributed by atoms with Crippen LogP contribution in [0, 0.1) is 0 Å². The van der Waals surface area contributed by atoms with Crippen LogP contribution in [-0.2, 0) is 4.74 Å². The number of carbonyl (C=O) groups is 3. The molecule has 0 radical (unpaired) electrons. The molecule has 1 heterocycles. The third kappa shape index (κ3) is 4.18. The van der Waals surface area contributed by atoms with E-state index >= 15 is 0 Å². The molecular formula is C18H16ClN3O4. The summed E-state index contributed by atoms with van der Waals surface area (Å²) in [6.45, 7) is 0. The molecule has 2 N–H and O–H groups in total. The minimum absolute atomic E-state index is 0.166. The van der Waals surface area contributed by atoms with Crippen molar-refractivity contribution in [2.24, 2.45) is 0 Å². The van der Waals surface area contributed by atoms with Crippen molar-refractivity contribution in [2.45, 2.75) is 18.9 Å². The van der Waals surface area contributed by atoms with Gasteiger partial charge in [0.1, 0.15) is 5.69 Å². The van der Waals surface area contributed by atoms with E-state index in [1.165, 1.54) is 43.6 Å². The van der Waals surface area contributed by atoms with Crippen LogP contribution in [0.4, 0.5) is 5.69 Å². The number of nitrogens with zero attached hydrogens (tertiary/aromatic N) is 1. The fraction of sp³-hybridized carbons (Fsp3) is 0.222. The first kappa shape index (κ1) is 17.9. The van der Waals surface area contributed by atoms with Gasteiger partial charge in [0.25, 0.3) is 11.8 Å². The number of aromatic nitrogens is 1. The predicted octanol–water partition coefficient (Wildman–Crippen LogP) is 2.67. The van der Waals surface area contributed by atoms with Crippen LogP contribution in [0.2, 0.25) is 5.02 Å². The average molecular weight is 374 g/mol. The van der Waals surface area contributed by atoms with Crippen molar-refractivity contribution < 1.29 is 19.1 Å². The number of esters is 1. The Hall–Kier alpha value is -2.93. The van der Waals surface area contributed by atoms with E-state index in [1.807, 2.05) is 0 Å². The molecule has 8 heteroatoms. The van der Waals surface area contributed by atoms with Crippen LogP contribution in [0.25, 0.3) is 0 Å². The molecule has 134 valence electrons. The molecule has 1 aliphatic rings. The van der Waals surface area contributed by atoms with E-state index in [1.54, 1.807) is 0 Å². The molecule has 1 aliphatic carbocycles. The fourth-order valence-electron chi connectivity index (χ4n) is 2.24. The van der Waals surface area contributed by atoms with Gasteiger partial charge in [-0.05, 0) is 43.2 Å². The number of halogens is 1. The number of nitrogens with one attached hydrogen (secondary N) is 2. The van der Waals surface area contributed by atoms with Crippen molar-refractivity contribution >= 4 is 35.1 Å². The third-order valence-electron chi connectivity index (χ3n) is 3.80. The van der Waals surface area contributed by atoms with Gasteiger partial charge >= 0.3 is 5.97 Å². The maximum absolute atomic E-state index is 12.5. The Bertz CT molecular complexity index is 880. The third-order valence-corrected chi connectivity index (χ3v) is 4.13. The lowest BCUT2D eigenvalue weighted by atomic mass is 10.1. The van der Waals surface area contributed by atoms with Gasteiger partial charge in [0.2, 0.25) is 0 Å². The molecule has 1 saturated carbocycles. The number of pyridine rings is 1. The first-order valence-electron chi connectivity index (χ1n) is 7.94. The van der Waals surface area contributed by atoms with Gasteiger partial charge in [0, 0.05) is 17.8 Å². The van der Waals surface area contributed by atoms with Gasteiger partial charge in [-0.25, -0.2) is 4.79 Å². The van der Waals surface area contributed by atoms with Crippen LogP contribution in [-0.4, -0.2) is 35.9 Å². The van der Waals surface area contributed by atoms with Gasteiger partial charge in [-0.3, -0.25) is 14.6 Å². The van der Waals surface area contributed by atoms with Gasteiger partial charge in [-0.1, -0.05) is 11.6 Å². The number of ether oxygens (including phenoxy) is 1. The number of methoxy groups -OCH3 is 1.